The van der Waals surface area contributed by atoms with Crippen LogP contribution >= 0.6 is 0 Å². The second-order valence-corrected chi connectivity index (χ2v) is 3.29. The van der Waals surface area contributed by atoms with Gasteiger partial charge in [0.2, 0.25) is 5.78 Å². The molecule has 2 rings (SSSR count). The van der Waals surface area contributed by atoms with Gasteiger partial charge >= 0.3 is 6.21 Å². The topological polar surface area (TPSA) is 79.5 Å². The van der Waals surface area contributed by atoms with Crippen molar-refractivity contribution in [3.63, 3.8) is 0 Å². The zero-order valence-electron chi connectivity index (χ0n) is 8.46. The van der Waals surface area contributed by atoms with Crippen LogP contribution in [0.2, 0.25) is 0 Å². The lowest BCUT2D eigenvalue weighted by Gasteiger charge is -1.87. The highest BCUT2D eigenvalue weighted by molar-refractivity contribution is 6.25. The molecule has 0 aliphatic heterocycles. The zero-order valence-corrected chi connectivity index (χ0v) is 8.46. The third kappa shape index (κ3) is 2.21. The highest BCUT2D eigenvalue weighted by Crippen LogP contribution is 2.15. The fraction of sp³-hybridized carbons (Fsp3) is 0.182. The van der Waals surface area contributed by atoms with Gasteiger partial charge in [0, 0.05) is 12.8 Å². The first-order valence-corrected chi connectivity index (χ1v) is 4.84. The number of Topliss-reactive ketones (excluding diaryl/α,β-unsaturated/α-hetero) is 1. The van der Waals surface area contributed by atoms with E-state index in [1.165, 1.54) is 0 Å². The van der Waals surface area contributed by atoms with Crippen LogP contribution in [-0.4, -0.2) is 21.8 Å². The molecular formula is C11H9N3O2. The molecule has 0 aliphatic carbocycles. The summed E-state index contributed by atoms with van der Waals surface area (Å²) in [5, 5.41) is 0. The maximum atomic E-state index is 11.1. The summed E-state index contributed by atoms with van der Waals surface area (Å²) in [4.78, 5) is 17.9. The Morgan fingerprint density at radius 1 is 1.50 bits per heavy atom. The molecule has 0 spiro atoms. The number of nitrogens with zero attached hydrogens (tertiary/aromatic N) is 3. The van der Waals surface area contributed by atoms with Crippen molar-refractivity contribution in [2.24, 2.45) is 0 Å². The highest BCUT2D eigenvalue weighted by Gasteiger charge is 2.08. The smallest absolute Gasteiger partial charge is 0.323 e. The van der Waals surface area contributed by atoms with Gasteiger partial charge in [-0.15, -0.1) is 0 Å². The largest absolute Gasteiger partial charge is 0.441 e. The van der Waals surface area contributed by atoms with E-state index in [0.717, 1.165) is 11.7 Å². The molecule has 5 nitrogen and oxygen atoms in total. The van der Waals surface area contributed by atoms with Crippen LogP contribution in [0.4, 0.5) is 0 Å². The fourth-order valence-corrected chi connectivity index (χ4v) is 1.39. The minimum atomic E-state index is -0.259. The van der Waals surface area contributed by atoms with Crippen LogP contribution in [-0.2, 0) is 11.2 Å². The lowest BCUT2D eigenvalue weighted by Crippen LogP contribution is -2.01. The van der Waals surface area contributed by atoms with Crippen molar-refractivity contribution in [2.45, 2.75) is 12.8 Å². The molecule has 0 bridgehead atoms. The van der Waals surface area contributed by atoms with Gasteiger partial charge in [0.1, 0.15) is 5.52 Å². The Kier molecular flexibility index (Phi) is 2.89. The molecule has 0 radical (unpaired) electrons. The fourth-order valence-electron chi connectivity index (χ4n) is 1.39. The van der Waals surface area contributed by atoms with Crippen molar-refractivity contribution < 1.29 is 14.0 Å². The van der Waals surface area contributed by atoms with Crippen LogP contribution in [0, 0.1) is 0 Å². The molecule has 16 heavy (non-hydrogen) atoms. The average Bonchev–Trinajstić information content (AvgIpc) is 2.69. The maximum absolute atomic E-state index is 11.1. The summed E-state index contributed by atoms with van der Waals surface area (Å²) in [7, 11) is 0. The van der Waals surface area contributed by atoms with Gasteiger partial charge in [0.15, 0.2) is 11.5 Å². The molecule has 1 aromatic heterocycles. The number of benzene rings is 1. The summed E-state index contributed by atoms with van der Waals surface area (Å²) in [5.74, 6) is 0.255. The summed E-state index contributed by atoms with van der Waals surface area (Å²) in [5.41, 5.74) is 9.65. The first-order valence-electron chi connectivity index (χ1n) is 4.84. The SMILES string of the molecule is [N-]=[N+]=CC(=O)CCc1nc2ccccc2o1. The average molecular weight is 215 g/mol. The number of aromatic nitrogens is 1. The van der Waals surface area contributed by atoms with E-state index in [9.17, 15) is 4.79 Å². The van der Waals surface area contributed by atoms with Gasteiger partial charge in [-0.25, -0.2) is 4.98 Å². The molecule has 1 heterocycles. The van der Waals surface area contributed by atoms with Crippen molar-refractivity contribution in [3.8, 4) is 0 Å². The molecular weight excluding hydrogens is 206 g/mol. The number of rotatable bonds is 4. The van der Waals surface area contributed by atoms with Gasteiger partial charge in [-0.2, -0.15) is 4.79 Å². The monoisotopic (exact) mass is 215 g/mol. The molecule has 2 aromatic rings. The van der Waals surface area contributed by atoms with E-state index in [0.29, 0.717) is 17.9 Å². The van der Waals surface area contributed by atoms with E-state index >= 15 is 0 Å². The summed E-state index contributed by atoms with van der Waals surface area (Å²) in [6.07, 6.45) is 1.50. The molecule has 0 atom stereocenters. The number of hydrogen-bond acceptors (Lipinski definition) is 3. The molecule has 0 fully saturated rings. The number of carbonyl (C=O) groups is 1. The van der Waals surface area contributed by atoms with E-state index in [-0.39, 0.29) is 12.2 Å². The molecule has 1 aromatic carbocycles. The molecule has 0 N–H and O–H groups in total. The Balaban J connectivity index is 2.10. The van der Waals surface area contributed by atoms with E-state index in [1.54, 1.807) is 0 Å². The number of hydrogen-bond donors (Lipinski definition) is 0. The lowest BCUT2D eigenvalue weighted by molar-refractivity contribution is -0.116. The number of fused-ring (bicyclic) bond motifs is 1. The number of ketones is 1. The predicted octanol–water partition coefficient (Wildman–Crippen LogP) is 1.63. The molecule has 0 saturated carbocycles. The molecule has 80 valence electrons. The lowest BCUT2D eigenvalue weighted by atomic mass is 10.2. The quantitative estimate of drug-likeness (QED) is 0.441. The Morgan fingerprint density at radius 2 is 2.31 bits per heavy atom. The Labute approximate surface area is 91.3 Å². The minimum absolute atomic E-state index is 0.219. The van der Waals surface area contributed by atoms with E-state index in [2.05, 4.69) is 9.77 Å². The Hall–Kier alpha value is -2.26. The number of oxazole rings is 1. The van der Waals surface area contributed by atoms with E-state index in [1.807, 2.05) is 24.3 Å². The van der Waals surface area contributed by atoms with Crippen LogP contribution < -0.4 is 0 Å². The summed E-state index contributed by atoms with van der Waals surface area (Å²) in [6, 6.07) is 7.40. The molecule has 0 unspecified atom stereocenters. The molecule has 0 saturated heterocycles. The van der Waals surface area contributed by atoms with Gasteiger partial charge in [-0.1, -0.05) is 12.1 Å². The van der Waals surface area contributed by atoms with E-state index in [4.69, 9.17) is 9.95 Å². The number of aryl methyl sites for hydroxylation is 1. The maximum Gasteiger partial charge on any atom is 0.323 e. The van der Waals surface area contributed by atoms with Crippen molar-refractivity contribution in [3.05, 3.63) is 35.7 Å². The molecule has 0 amide bonds. The minimum Gasteiger partial charge on any atom is -0.441 e. The van der Waals surface area contributed by atoms with Gasteiger partial charge < -0.3 is 9.95 Å². The summed E-state index contributed by atoms with van der Waals surface area (Å²) < 4.78 is 5.43. The number of para-hydroxylation sites is 2. The first kappa shape index (κ1) is 10.3. The number of carbonyl (C=O) groups excluding carboxylic acids is 1. The van der Waals surface area contributed by atoms with Crippen molar-refractivity contribution in [2.75, 3.05) is 0 Å². The zero-order chi connectivity index (χ0) is 11.4. The second-order valence-electron chi connectivity index (χ2n) is 3.29. The van der Waals surface area contributed by atoms with Crippen LogP contribution in [0.15, 0.2) is 28.7 Å². The van der Waals surface area contributed by atoms with Gasteiger partial charge in [-0.05, 0) is 12.1 Å². The second kappa shape index (κ2) is 4.51. The highest BCUT2D eigenvalue weighted by atomic mass is 16.3. The van der Waals surface area contributed by atoms with Crippen molar-refractivity contribution in [1.29, 1.82) is 0 Å². The van der Waals surface area contributed by atoms with Gasteiger partial charge in [0.25, 0.3) is 0 Å². The third-order valence-corrected chi connectivity index (χ3v) is 2.13. The van der Waals surface area contributed by atoms with Crippen LogP contribution in [0.25, 0.3) is 16.6 Å². The summed E-state index contributed by atoms with van der Waals surface area (Å²) >= 11 is 0. The van der Waals surface area contributed by atoms with Gasteiger partial charge in [-0.3, -0.25) is 4.79 Å². The standard InChI is InChI=1S/C11H9N3O2/c12-13-7-8(15)5-6-11-14-9-3-1-2-4-10(9)16-11/h1-4,7H,5-6H2. The molecule has 5 heteroatoms. The molecule has 0 aliphatic rings. The Bertz CT molecular complexity index is 534. The first-order chi connectivity index (χ1) is 7.79. The van der Waals surface area contributed by atoms with Crippen LogP contribution in [0.3, 0.4) is 0 Å². The van der Waals surface area contributed by atoms with Crippen LogP contribution in [0.1, 0.15) is 12.3 Å². The van der Waals surface area contributed by atoms with Gasteiger partial charge in [0.05, 0.1) is 0 Å². The Morgan fingerprint density at radius 3 is 3.06 bits per heavy atom. The predicted molar refractivity (Wildman–Crippen MR) is 57.0 cm³/mol. The summed E-state index contributed by atoms with van der Waals surface area (Å²) in [6.45, 7) is 0. The van der Waals surface area contributed by atoms with Crippen molar-refractivity contribution >= 4 is 23.1 Å². The van der Waals surface area contributed by atoms with E-state index < -0.39 is 0 Å². The normalized spacial score (nSPS) is 10.0. The van der Waals surface area contributed by atoms with Crippen molar-refractivity contribution in [1.82, 2.24) is 4.98 Å². The third-order valence-electron chi connectivity index (χ3n) is 2.13. The van der Waals surface area contributed by atoms with Crippen LogP contribution in [0.5, 0.6) is 0 Å².